The van der Waals surface area contributed by atoms with Crippen molar-refractivity contribution in [2.24, 2.45) is 0 Å². The van der Waals surface area contributed by atoms with E-state index in [4.69, 9.17) is 9.84 Å². The molecule has 0 saturated carbocycles. The third-order valence-electron chi connectivity index (χ3n) is 2.88. The van der Waals surface area contributed by atoms with Gasteiger partial charge in [0.15, 0.2) is 0 Å². The molecular weight excluding hydrogens is 236 g/mol. The fraction of sp³-hybridized carbons (Fsp3) is 0.176. The van der Waals surface area contributed by atoms with Gasteiger partial charge in [-0.05, 0) is 48.2 Å². The quantitative estimate of drug-likeness (QED) is 0.834. The van der Waals surface area contributed by atoms with Crippen molar-refractivity contribution in [3.05, 3.63) is 66.7 Å². The summed E-state index contributed by atoms with van der Waals surface area (Å²) in [6, 6.07) is 17.6. The molecule has 0 spiro atoms. The highest BCUT2D eigenvalue weighted by Gasteiger charge is 2.00. The van der Waals surface area contributed by atoms with Gasteiger partial charge in [0, 0.05) is 6.61 Å². The molecule has 0 saturated heterocycles. The normalized spacial score (nSPS) is 10.2. The lowest BCUT2D eigenvalue weighted by molar-refractivity contribution is 0.290. The minimum Gasteiger partial charge on any atom is -0.457 e. The lowest BCUT2D eigenvalue weighted by Crippen LogP contribution is -1.88. The Hall–Kier alpha value is -2.06. The Labute approximate surface area is 114 Å². The van der Waals surface area contributed by atoms with E-state index in [1.54, 1.807) is 0 Å². The van der Waals surface area contributed by atoms with Crippen LogP contribution in [0.25, 0.3) is 5.57 Å². The van der Waals surface area contributed by atoms with E-state index in [9.17, 15) is 0 Å². The number of allylic oxidation sites excluding steroid dienone is 1. The molecule has 2 heteroatoms. The topological polar surface area (TPSA) is 29.5 Å². The lowest BCUT2D eigenvalue weighted by Gasteiger charge is -2.08. The van der Waals surface area contributed by atoms with Gasteiger partial charge in [-0.1, -0.05) is 36.9 Å². The Balaban J connectivity index is 2.00. The molecule has 2 aromatic carbocycles. The molecule has 2 rings (SSSR count). The molecule has 19 heavy (non-hydrogen) atoms. The van der Waals surface area contributed by atoms with E-state index in [2.05, 4.69) is 6.58 Å². The highest BCUT2D eigenvalue weighted by Crippen LogP contribution is 2.24. The minimum absolute atomic E-state index is 0.203. The SMILES string of the molecule is C=C(CCCO)c1ccc(Oc2ccccc2)cc1. The molecule has 0 aromatic heterocycles. The van der Waals surface area contributed by atoms with Crippen LogP contribution >= 0.6 is 0 Å². The van der Waals surface area contributed by atoms with Gasteiger partial charge in [-0.3, -0.25) is 0 Å². The van der Waals surface area contributed by atoms with Crippen LogP contribution in [0.15, 0.2) is 61.2 Å². The molecule has 0 heterocycles. The molecule has 0 aliphatic rings. The summed E-state index contributed by atoms with van der Waals surface area (Å²) in [7, 11) is 0. The number of hydrogen-bond acceptors (Lipinski definition) is 2. The van der Waals surface area contributed by atoms with Crippen LogP contribution in [0.1, 0.15) is 18.4 Å². The third kappa shape index (κ3) is 3.97. The summed E-state index contributed by atoms with van der Waals surface area (Å²) < 4.78 is 5.72. The second-order valence-electron chi connectivity index (χ2n) is 4.37. The van der Waals surface area contributed by atoms with E-state index in [1.165, 1.54) is 0 Å². The Morgan fingerprint density at radius 3 is 2.21 bits per heavy atom. The number of para-hydroxylation sites is 1. The van der Waals surface area contributed by atoms with E-state index in [0.29, 0.717) is 0 Å². The van der Waals surface area contributed by atoms with Crippen LogP contribution in [0.5, 0.6) is 11.5 Å². The molecule has 2 aromatic rings. The molecule has 1 N–H and O–H groups in total. The van der Waals surface area contributed by atoms with Crippen LogP contribution in [-0.2, 0) is 0 Å². The third-order valence-corrected chi connectivity index (χ3v) is 2.88. The van der Waals surface area contributed by atoms with Crippen LogP contribution in [0.4, 0.5) is 0 Å². The Bertz CT molecular complexity index is 515. The number of aliphatic hydroxyl groups is 1. The molecule has 0 atom stereocenters. The summed E-state index contributed by atoms with van der Waals surface area (Å²) in [5.74, 6) is 1.64. The van der Waals surface area contributed by atoms with Crippen molar-refractivity contribution in [1.29, 1.82) is 0 Å². The number of rotatable bonds is 6. The van der Waals surface area contributed by atoms with Gasteiger partial charge in [-0.15, -0.1) is 0 Å². The molecule has 2 nitrogen and oxygen atoms in total. The molecule has 0 unspecified atom stereocenters. The Morgan fingerprint density at radius 2 is 1.58 bits per heavy atom. The van der Waals surface area contributed by atoms with Gasteiger partial charge >= 0.3 is 0 Å². The van der Waals surface area contributed by atoms with Gasteiger partial charge in [-0.2, -0.15) is 0 Å². The second kappa shape index (κ2) is 6.76. The number of ether oxygens (including phenoxy) is 1. The van der Waals surface area contributed by atoms with Crippen molar-refractivity contribution >= 4 is 5.57 Å². The van der Waals surface area contributed by atoms with Crippen molar-refractivity contribution in [3.8, 4) is 11.5 Å². The summed E-state index contributed by atoms with van der Waals surface area (Å²) in [6.45, 7) is 4.23. The van der Waals surface area contributed by atoms with E-state index < -0.39 is 0 Å². The average Bonchev–Trinajstić information content (AvgIpc) is 2.46. The zero-order chi connectivity index (χ0) is 13.5. The molecule has 0 fully saturated rings. The molecule has 0 aliphatic heterocycles. The van der Waals surface area contributed by atoms with E-state index in [0.717, 1.165) is 35.5 Å². The summed E-state index contributed by atoms with van der Waals surface area (Å²) in [6.07, 6.45) is 1.57. The fourth-order valence-electron chi connectivity index (χ4n) is 1.82. The highest BCUT2D eigenvalue weighted by atomic mass is 16.5. The van der Waals surface area contributed by atoms with Crippen molar-refractivity contribution in [2.45, 2.75) is 12.8 Å². The summed E-state index contributed by atoms with van der Waals surface area (Å²) in [4.78, 5) is 0. The molecule has 0 amide bonds. The van der Waals surface area contributed by atoms with Crippen molar-refractivity contribution < 1.29 is 9.84 Å². The first-order chi connectivity index (χ1) is 9.29. The molecule has 0 radical (unpaired) electrons. The predicted molar refractivity (Wildman–Crippen MR) is 78.3 cm³/mol. The maximum atomic E-state index is 8.81. The van der Waals surface area contributed by atoms with Gasteiger partial charge in [0.25, 0.3) is 0 Å². The van der Waals surface area contributed by atoms with Gasteiger partial charge < -0.3 is 9.84 Å². The second-order valence-corrected chi connectivity index (χ2v) is 4.37. The highest BCUT2D eigenvalue weighted by molar-refractivity contribution is 5.63. The standard InChI is InChI=1S/C17H18O2/c1-14(6-5-13-18)15-9-11-17(12-10-15)19-16-7-3-2-4-8-16/h2-4,7-12,18H,1,5-6,13H2. The molecule has 0 bridgehead atoms. The first kappa shape index (κ1) is 13.4. The van der Waals surface area contributed by atoms with Gasteiger partial charge in [-0.25, -0.2) is 0 Å². The van der Waals surface area contributed by atoms with Gasteiger partial charge in [0.05, 0.1) is 0 Å². The molecule has 0 aliphatic carbocycles. The van der Waals surface area contributed by atoms with E-state index in [-0.39, 0.29) is 6.61 Å². The van der Waals surface area contributed by atoms with Gasteiger partial charge in [0.2, 0.25) is 0 Å². The first-order valence-corrected chi connectivity index (χ1v) is 6.41. The zero-order valence-corrected chi connectivity index (χ0v) is 10.9. The van der Waals surface area contributed by atoms with Crippen molar-refractivity contribution in [3.63, 3.8) is 0 Å². The Kier molecular flexibility index (Phi) is 4.76. The largest absolute Gasteiger partial charge is 0.457 e. The Morgan fingerprint density at radius 1 is 0.947 bits per heavy atom. The molecular formula is C17H18O2. The van der Waals surface area contributed by atoms with Gasteiger partial charge in [0.1, 0.15) is 11.5 Å². The van der Waals surface area contributed by atoms with Crippen LogP contribution < -0.4 is 4.74 Å². The van der Waals surface area contributed by atoms with E-state index >= 15 is 0 Å². The van der Waals surface area contributed by atoms with Crippen LogP contribution in [0.3, 0.4) is 0 Å². The summed E-state index contributed by atoms with van der Waals surface area (Å²) in [5, 5.41) is 8.81. The first-order valence-electron chi connectivity index (χ1n) is 6.41. The van der Waals surface area contributed by atoms with E-state index in [1.807, 2.05) is 54.6 Å². The monoisotopic (exact) mass is 254 g/mol. The summed E-state index contributed by atoms with van der Waals surface area (Å²) >= 11 is 0. The van der Waals surface area contributed by atoms with Crippen LogP contribution in [-0.4, -0.2) is 11.7 Å². The number of aliphatic hydroxyl groups excluding tert-OH is 1. The lowest BCUT2D eigenvalue weighted by atomic mass is 10.0. The number of benzene rings is 2. The predicted octanol–water partition coefficient (Wildman–Crippen LogP) is 4.26. The van der Waals surface area contributed by atoms with Crippen molar-refractivity contribution in [2.75, 3.05) is 6.61 Å². The maximum absolute atomic E-state index is 8.81. The zero-order valence-electron chi connectivity index (χ0n) is 10.9. The molecule has 98 valence electrons. The fourth-order valence-corrected chi connectivity index (χ4v) is 1.82. The summed E-state index contributed by atoms with van der Waals surface area (Å²) in [5.41, 5.74) is 2.13. The minimum atomic E-state index is 0.203. The maximum Gasteiger partial charge on any atom is 0.127 e. The van der Waals surface area contributed by atoms with Crippen LogP contribution in [0.2, 0.25) is 0 Å². The van der Waals surface area contributed by atoms with Crippen molar-refractivity contribution in [1.82, 2.24) is 0 Å². The van der Waals surface area contributed by atoms with Crippen LogP contribution in [0, 0.1) is 0 Å². The average molecular weight is 254 g/mol. The number of hydrogen-bond donors (Lipinski definition) is 1. The smallest absolute Gasteiger partial charge is 0.127 e.